The fraction of sp³-hybridized carbons (Fsp3) is 1.00. The van der Waals surface area contributed by atoms with Crippen LogP contribution in [0.25, 0.3) is 0 Å². The lowest BCUT2D eigenvalue weighted by atomic mass is 10.1. The number of hydrogen-bond acceptors (Lipinski definition) is 3. The van der Waals surface area contributed by atoms with Gasteiger partial charge in [0.1, 0.15) is 0 Å². The lowest BCUT2D eigenvalue weighted by molar-refractivity contribution is 0.0432. The Balaban J connectivity index is 1.58. The van der Waals surface area contributed by atoms with Crippen LogP contribution in [-0.2, 0) is 4.74 Å². The zero-order chi connectivity index (χ0) is 12.6. The maximum atomic E-state index is 5.42. The first kappa shape index (κ1) is 14.3. The Labute approximate surface area is 112 Å². The van der Waals surface area contributed by atoms with E-state index in [4.69, 9.17) is 4.74 Å². The third-order valence-corrected chi connectivity index (χ3v) is 4.57. The summed E-state index contributed by atoms with van der Waals surface area (Å²) in [6, 6.07) is 1.53. The Morgan fingerprint density at radius 1 is 1.00 bits per heavy atom. The molecule has 18 heavy (non-hydrogen) atoms. The van der Waals surface area contributed by atoms with E-state index >= 15 is 0 Å². The fourth-order valence-corrected chi connectivity index (χ4v) is 3.24. The van der Waals surface area contributed by atoms with Gasteiger partial charge < -0.3 is 15.0 Å². The van der Waals surface area contributed by atoms with Crippen molar-refractivity contribution in [2.24, 2.45) is 0 Å². The zero-order valence-electron chi connectivity index (χ0n) is 12.0. The number of nitrogens with one attached hydrogen (secondary N) is 1. The van der Waals surface area contributed by atoms with Crippen molar-refractivity contribution in [1.29, 1.82) is 0 Å². The molecule has 0 bridgehead atoms. The average Bonchev–Trinajstić information content (AvgIpc) is 2.68. The summed E-state index contributed by atoms with van der Waals surface area (Å²) in [4.78, 5) is 2.52. The van der Waals surface area contributed by atoms with Crippen molar-refractivity contribution < 1.29 is 4.74 Å². The third kappa shape index (κ3) is 4.87. The molecule has 2 rings (SSSR count). The Morgan fingerprint density at radius 2 is 1.67 bits per heavy atom. The Bertz CT molecular complexity index is 209. The van der Waals surface area contributed by atoms with Gasteiger partial charge in [0.2, 0.25) is 0 Å². The van der Waals surface area contributed by atoms with E-state index in [1.165, 1.54) is 57.9 Å². The van der Waals surface area contributed by atoms with Gasteiger partial charge in [-0.05, 0) is 32.7 Å². The minimum Gasteiger partial charge on any atom is -0.381 e. The van der Waals surface area contributed by atoms with Crippen molar-refractivity contribution in [2.75, 3.05) is 33.4 Å². The van der Waals surface area contributed by atoms with Crippen LogP contribution >= 0.6 is 0 Å². The van der Waals surface area contributed by atoms with Gasteiger partial charge in [0.25, 0.3) is 0 Å². The highest BCUT2D eigenvalue weighted by Gasteiger charge is 2.18. The quantitative estimate of drug-likeness (QED) is 0.763. The van der Waals surface area contributed by atoms with Crippen molar-refractivity contribution in [1.82, 2.24) is 10.2 Å². The van der Waals surface area contributed by atoms with Crippen LogP contribution < -0.4 is 5.32 Å². The molecular weight excluding hydrogens is 224 g/mol. The summed E-state index contributed by atoms with van der Waals surface area (Å²) in [6.07, 6.45) is 10.9. The summed E-state index contributed by atoms with van der Waals surface area (Å²) in [7, 11) is 2.27. The molecule has 0 unspecified atom stereocenters. The molecular formula is C15H30N2O. The predicted octanol–water partition coefficient (Wildman–Crippen LogP) is 2.41. The molecule has 0 aromatic carbocycles. The van der Waals surface area contributed by atoms with Gasteiger partial charge in [0.15, 0.2) is 0 Å². The second-order valence-electron chi connectivity index (χ2n) is 5.97. The minimum absolute atomic E-state index is 0.745. The van der Waals surface area contributed by atoms with E-state index in [1.54, 1.807) is 0 Å². The van der Waals surface area contributed by atoms with Crippen LogP contribution in [0.4, 0.5) is 0 Å². The first-order chi connectivity index (χ1) is 8.86. The van der Waals surface area contributed by atoms with Crippen molar-refractivity contribution in [3.05, 3.63) is 0 Å². The number of ether oxygens (including phenoxy) is 1. The molecule has 1 heterocycles. The van der Waals surface area contributed by atoms with Crippen molar-refractivity contribution in [3.63, 3.8) is 0 Å². The molecule has 1 aliphatic heterocycles. The van der Waals surface area contributed by atoms with E-state index in [-0.39, 0.29) is 0 Å². The summed E-state index contributed by atoms with van der Waals surface area (Å²) >= 11 is 0. The molecule has 1 saturated carbocycles. The zero-order valence-corrected chi connectivity index (χ0v) is 12.0. The van der Waals surface area contributed by atoms with E-state index in [1.807, 2.05) is 0 Å². The van der Waals surface area contributed by atoms with E-state index in [0.717, 1.165) is 31.8 Å². The second kappa shape index (κ2) is 8.13. The highest BCUT2D eigenvalue weighted by Crippen LogP contribution is 2.17. The van der Waals surface area contributed by atoms with Crippen LogP contribution in [0, 0.1) is 0 Å². The Morgan fingerprint density at radius 3 is 2.33 bits per heavy atom. The molecule has 3 heteroatoms. The van der Waals surface area contributed by atoms with Gasteiger partial charge in [-0.1, -0.05) is 25.7 Å². The summed E-state index contributed by atoms with van der Waals surface area (Å²) in [5.41, 5.74) is 0. The van der Waals surface area contributed by atoms with E-state index in [0.29, 0.717) is 0 Å². The summed E-state index contributed by atoms with van der Waals surface area (Å²) in [5.74, 6) is 0. The molecule has 0 spiro atoms. The van der Waals surface area contributed by atoms with Gasteiger partial charge in [0, 0.05) is 38.4 Å². The predicted molar refractivity (Wildman–Crippen MR) is 76.0 cm³/mol. The van der Waals surface area contributed by atoms with E-state index in [9.17, 15) is 0 Å². The van der Waals surface area contributed by atoms with E-state index in [2.05, 4.69) is 17.3 Å². The second-order valence-corrected chi connectivity index (χ2v) is 5.97. The van der Waals surface area contributed by atoms with Gasteiger partial charge in [0.05, 0.1) is 0 Å². The first-order valence-corrected chi connectivity index (χ1v) is 7.87. The maximum Gasteiger partial charge on any atom is 0.0480 e. The van der Waals surface area contributed by atoms with Crippen molar-refractivity contribution in [2.45, 2.75) is 63.5 Å². The number of hydrogen-bond donors (Lipinski definition) is 1. The first-order valence-electron chi connectivity index (χ1n) is 7.87. The molecule has 0 aromatic rings. The summed E-state index contributed by atoms with van der Waals surface area (Å²) < 4.78 is 5.42. The van der Waals surface area contributed by atoms with Crippen LogP contribution in [0.5, 0.6) is 0 Å². The summed E-state index contributed by atoms with van der Waals surface area (Å²) in [5, 5.41) is 3.76. The Kier molecular flexibility index (Phi) is 6.46. The number of rotatable bonds is 5. The molecule has 1 saturated heterocycles. The Hall–Kier alpha value is -0.120. The average molecular weight is 254 g/mol. The van der Waals surface area contributed by atoms with E-state index < -0.39 is 0 Å². The molecule has 0 atom stereocenters. The normalized spacial score (nSPS) is 24.3. The van der Waals surface area contributed by atoms with Crippen molar-refractivity contribution in [3.8, 4) is 0 Å². The van der Waals surface area contributed by atoms with Crippen LogP contribution in [0.1, 0.15) is 51.4 Å². The molecule has 3 nitrogen and oxygen atoms in total. The molecule has 106 valence electrons. The highest BCUT2D eigenvalue weighted by molar-refractivity contribution is 4.75. The molecule has 0 aromatic heterocycles. The van der Waals surface area contributed by atoms with Crippen LogP contribution in [0.15, 0.2) is 0 Å². The molecule has 0 amide bonds. The topological polar surface area (TPSA) is 24.5 Å². The van der Waals surface area contributed by atoms with Crippen molar-refractivity contribution >= 4 is 0 Å². The fourth-order valence-electron chi connectivity index (χ4n) is 3.24. The molecule has 1 aliphatic carbocycles. The number of likely N-dealkylation sites (N-methyl/N-ethyl adjacent to an activating group) is 1. The lowest BCUT2D eigenvalue weighted by Gasteiger charge is -2.31. The lowest BCUT2D eigenvalue weighted by Crippen LogP contribution is -2.42. The maximum absolute atomic E-state index is 5.42. The monoisotopic (exact) mass is 254 g/mol. The van der Waals surface area contributed by atoms with Crippen LogP contribution in [0.2, 0.25) is 0 Å². The minimum atomic E-state index is 0.745. The van der Waals surface area contributed by atoms with Gasteiger partial charge in [-0.15, -0.1) is 0 Å². The summed E-state index contributed by atoms with van der Waals surface area (Å²) in [6.45, 7) is 4.23. The molecule has 0 radical (unpaired) electrons. The van der Waals surface area contributed by atoms with Gasteiger partial charge in [-0.25, -0.2) is 0 Å². The molecule has 2 fully saturated rings. The number of nitrogens with zero attached hydrogens (tertiary/aromatic N) is 1. The van der Waals surface area contributed by atoms with Gasteiger partial charge in [-0.3, -0.25) is 0 Å². The van der Waals surface area contributed by atoms with Gasteiger partial charge >= 0.3 is 0 Å². The smallest absolute Gasteiger partial charge is 0.0480 e. The van der Waals surface area contributed by atoms with Crippen LogP contribution in [-0.4, -0.2) is 50.3 Å². The molecule has 2 aliphatic rings. The van der Waals surface area contributed by atoms with Crippen LogP contribution in [0.3, 0.4) is 0 Å². The standard InChI is InChI=1S/C15H30N2O/c1-17(15-8-12-18-13-9-15)11-10-16-14-6-4-2-3-5-7-14/h14-16H,2-13H2,1H3. The SMILES string of the molecule is CN(CCNC1CCCCCC1)C1CCOCC1. The van der Waals surface area contributed by atoms with Gasteiger partial charge in [-0.2, -0.15) is 0 Å². The third-order valence-electron chi connectivity index (χ3n) is 4.57. The largest absolute Gasteiger partial charge is 0.381 e. The highest BCUT2D eigenvalue weighted by atomic mass is 16.5. The molecule has 1 N–H and O–H groups in total.